The molecule has 5 nitrogen and oxygen atoms in total. The molecule has 0 unspecified atom stereocenters. The molecule has 0 spiro atoms. The lowest BCUT2D eigenvalue weighted by Gasteiger charge is -2.05. The van der Waals surface area contributed by atoms with E-state index in [9.17, 15) is 0 Å². The Hall–Kier alpha value is -2.00. The third kappa shape index (κ3) is 2.10. The molecule has 0 saturated heterocycles. The summed E-state index contributed by atoms with van der Waals surface area (Å²) in [6.45, 7) is 0. The van der Waals surface area contributed by atoms with Gasteiger partial charge in [0.05, 0.1) is 12.7 Å². The predicted molar refractivity (Wildman–Crippen MR) is 65.3 cm³/mol. The molecule has 0 aliphatic rings. The molecule has 2 N–H and O–H groups in total. The Balaban J connectivity index is 2.56. The van der Waals surface area contributed by atoms with Crippen molar-refractivity contribution in [1.82, 2.24) is 4.98 Å². The van der Waals surface area contributed by atoms with Gasteiger partial charge in [0.25, 0.3) is 0 Å². The first-order valence-corrected chi connectivity index (χ1v) is 5.45. The Kier molecular flexibility index (Phi) is 3.02. The van der Waals surface area contributed by atoms with Crippen LogP contribution in [0, 0.1) is 11.3 Å². The summed E-state index contributed by atoms with van der Waals surface area (Å²) >= 11 is 3.33. The zero-order valence-electron chi connectivity index (χ0n) is 8.90. The van der Waals surface area contributed by atoms with Gasteiger partial charge < -0.3 is 14.9 Å². The average molecular weight is 294 g/mol. The Morgan fingerprint density at radius 1 is 1.53 bits per heavy atom. The van der Waals surface area contributed by atoms with Crippen LogP contribution in [0.5, 0.6) is 5.75 Å². The maximum absolute atomic E-state index is 8.76. The number of nitrogens with two attached hydrogens (primary N) is 1. The van der Waals surface area contributed by atoms with Gasteiger partial charge in [-0.05, 0) is 18.2 Å². The maximum atomic E-state index is 8.76. The van der Waals surface area contributed by atoms with Gasteiger partial charge in [0, 0.05) is 4.47 Å². The molecule has 0 aliphatic carbocycles. The SMILES string of the molecule is COc1cc(Br)ccc1-c1nc(C#N)c(N)o1. The summed E-state index contributed by atoms with van der Waals surface area (Å²) in [5.74, 6) is 0.862. The summed E-state index contributed by atoms with van der Waals surface area (Å²) in [6, 6.07) is 7.23. The number of rotatable bonds is 2. The summed E-state index contributed by atoms with van der Waals surface area (Å²) in [5, 5.41) is 8.76. The van der Waals surface area contributed by atoms with Crippen LogP contribution in [0.2, 0.25) is 0 Å². The van der Waals surface area contributed by atoms with Crippen LogP contribution in [-0.2, 0) is 0 Å². The van der Waals surface area contributed by atoms with E-state index in [4.69, 9.17) is 20.1 Å². The van der Waals surface area contributed by atoms with Gasteiger partial charge in [-0.2, -0.15) is 10.2 Å². The number of hydrogen-bond donors (Lipinski definition) is 1. The lowest BCUT2D eigenvalue weighted by molar-refractivity contribution is 0.414. The van der Waals surface area contributed by atoms with Crippen molar-refractivity contribution in [3.05, 3.63) is 28.4 Å². The van der Waals surface area contributed by atoms with Crippen LogP contribution >= 0.6 is 15.9 Å². The summed E-state index contributed by atoms with van der Waals surface area (Å²) in [5.41, 5.74) is 6.23. The van der Waals surface area contributed by atoms with E-state index in [1.54, 1.807) is 19.2 Å². The van der Waals surface area contributed by atoms with E-state index < -0.39 is 0 Å². The third-order valence-electron chi connectivity index (χ3n) is 2.15. The number of nitriles is 1. The topological polar surface area (TPSA) is 85.1 Å². The Morgan fingerprint density at radius 3 is 2.88 bits per heavy atom. The van der Waals surface area contributed by atoms with E-state index in [-0.39, 0.29) is 17.5 Å². The van der Waals surface area contributed by atoms with Crippen LogP contribution < -0.4 is 10.5 Å². The van der Waals surface area contributed by atoms with E-state index in [1.165, 1.54) is 0 Å². The number of hydrogen-bond acceptors (Lipinski definition) is 5. The maximum Gasteiger partial charge on any atom is 0.233 e. The third-order valence-corrected chi connectivity index (χ3v) is 2.65. The molecule has 1 aromatic carbocycles. The molecule has 1 aromatic heterocycles. The molecule has 6 heteroatoms. The molecule has 0 amide bonds. The number of aromatic nitrogens is 1. The lowest BCUT2D eigenvalue weighted by Crippen LogP contribution is -1.88. The molecule has 0 radical (unpaired) electrons. The van der Waals surface area contributed by atoms with Gasteiger partial charge in [-0.15, -0.1) is 0 Å². The van der Waals surface area contributed by atoms with Crippen LogP contribution in [0.25, 0.3) is 11.5 Å². The Labute approximate surface area is 106 Å². The molecule has 0 bridgehead atoms. The van der Waals surface area contributed by atoms with Gasteiger partial charge in [0.1, 0.15) is 11.8 Å². The molecule has 17 heavy (non-hydrogen) atoms. The van der Waals surface area contributed by atoms with E-state index in [2.05, 4.69) is 20.9 Å². The van der Waals surface area contributed by atoms with Gasteiger partial charge in [0.15, 0.2) is 0 Å². The number of halogens is 1. The van der Waals surface area contributed by atoms with Gasteiger partial charge in [-0.3, -0.25) is 0 Å². The smallest absolute Gasteiger partial charge is 0.233 e. The van der Waals surface area contributed by atoms with Gasteiger partial charge in [0.2, 0.25) is 17.5 Å². The minimum Gasteiger partial charge on any atom is -0.496 e. The van der Waals surface area contributed by atoms with Crippen molar-refractivity contribution in [2.45, 2.75) is 0 Å². The largest absolute Gasteiger partial charge is 0.496 e. The van der Waals surface area contributed by atoms with Crippen molar-refractivity contribution in [2.24, 2.45) is 0 Å². The molecular formula is C11H8BrN3O2. The second-order valence-corrected chi connectivity index (χ2v) is 4.10. The number of methoxy groups -OCH3 is 1. The van der Waals surface area contributed by atoms with Crippen molar-refractivity contribution in [3.8, 4) is 23.3 Å². The van der Waals surface area contributed by atoms with Gasteiger partial charge >= 0.3 is 0 Å². The summed E-state index contributed by atoms with van der Waals surface area (Å²) < 4.78 is 11.3. The highest BCUT2D eigenvalue weighted by molar-refractivity contribution is 9.10. The number of anilines is 1. The number of nitrogen functional groups attached to an aromatic ring is 1. The zero-order valence-corrected chi connectivity index (χ0v) is 10.5. The Morgan fingerprint density at radius 2 is 2.29 bits per heavy atom. The van der Waals surface area contributed by atoms with Crippen LogP contribution in [0.3, 0.4) is 0 Å². The fourth-order valence-corrected chi connectivity index (χ4v) is 1.71. The number of oxazole rings is 1. The lowest BCUT2D eigenvalue weighted by atomic mass is 10.2. The summed E-state index contributed by atoms with van der Waals surface area (Å²) in [6.07, 6.45) is 0. The molecule has 0 saturated carbocycles. The number of ether oxygens (including phenoxy) is 1. The first-order valence-electron chi connectivity index (χ1n) is 4.66. The van der Waals surface area contributed by atoms with Crippen molar-refractivity contribution in [2.75, 3.05) is 12.8 Å². The average Bonchev–Trinajstić information content (AvgIpc) is 2.70. The normalized spacial score (nSPS) is 9.94. The zero-order chi connectivity index (χ0) is 12.4. The Bertz CT molecular complexity index is 601. The van der Waals surface area contributed by atoms with E-state index in [0.29, 0.717) is 11.3 Å². The highest BCUT2D eigenvalue weighted by Crippen LogP contribution is 2.33. The summed E-state index contributed by atoms with van der Waals surface area (Å²) in [7, 11) is 1.54. The highest BCUT2D eigenvalue weighted by atomic mass is 79.9. The molecule has 2 rings (SSSR count). The van der Waals surface area contributed by atoms with Crippen molar-refractivity contribution in [3.63, 3.8) is 0 Å². The van der Waals surface area contributed by atoms with Crippen LogP contribution in [0.4, 0.5) is 5.88 Å². The second kappa shape index (κ2) is 4.47. The minimum atomic E-state index is 0.00692. The standard InChI is InChI=1S/C11H8BrN3O2/c1-16-9-4-6(12)2-3-7(9)11-15-8(5-13)10(14)17-11/h2-4H,14H2,1H3. The van der Waals surface area contributed by atoms with Gasteiger partial charge in [-0.25, -0.2) is 0 Å². The minimum absolute atomic E-state index is 0.00692. The van der Waals surface area contributed by atoms with Crippen LogP contribution in [0.15, 0.2) is 27.1 Å². The van der Waals surface area contributed by atoms with E-state index in [0.717, 1.165) is 4.47 Å². The molecule has 1 heterocycles. The van der Waals surface area contributed by atoms with Crippen LogP contribution in [0.1, 0.15) is 5.69 Å². The molecule has 2 aromatic rings. The number of benzene rings is 1. The first kappa shape index (κ1) is 11.5. The molecule has 0 aliphatic heterocycles. The van der Waals surface area contributed by atoms with Crippen LogP contribution in [-0.4, -0.2) is 12.1 Å². The van der Waals surface area contributed by atoms with E-state index in [1.807, 2.05) is 12.1 Å². The molecular weight excluding hydrogens is 286 g/mol. The fraction of sp³-hybridized carbons (Fsp3) is 0.0909. The monoisotopic (exact) mass is 293 g/mol. The van der Waals surface area contributed by atoms with Crippen molar-refractivity contribution < 1.29 is 9.15 Å². The highest BCUT2D eigenvalue weighted by Gasteiger charge is 2.15. The first-order chi connectivity index (χ1) is 8.15. The number of nitrogens with zero attached hydrogens (tertiary/aromatic N) is 2. The van der Waals surface area contributed by atoms with Crippen molar-refractivity contribution >= 4 is 21.8 Å². The predicted octanol–water partition coefficient (Wildman–Crippen LogP) is 2.57. The quantitative estimate of drug-likeness (QED) is 0.920. The van der Waals surface area contributed by atoms with E-state index >= 15 is 0 Å². The molecule has 86 valence electrons. The van der Waals surface area contributed by atoms with Crippen molar-refractivity contribution in [1.29, 1.82) is 5.26 Å². The fourth-order valence-electron chi connectivity index (χ4n) is 1.37. The summed E-state index contributed by atoms with van der Waals surface area (Å²) in [4.78, 5) is 3.99. The second-order valence-electron chi connectivity index (χ2n) is 3.19. The molecule has 0 atom stereocenters. The molecule has 0 fully saturated rings. The van der Waals surface area contributed by atoms with Gasteiger partial charge in [-0.1, -0.05) is 15.9 Å².